The number of nitrogens with zero attached hydrogens (tertiary/aromatic N) is 2. The monoisotopic (exact) mass is 373 g/mol. The van der Waals surface area contributed by atoms with Crippen LogP contribution < -0.4 is 5.32 Å². The molecule has 0 radical (unpaired) electrons. The van der Waals surface area contributed by atoms with Crippen LogP contribution in [0.2, 0.25) is 5.02 Å². The molecular formula is C17H12ClN3O5. The Bertz CT molecular complexity index is 923. The summed E-state index contributed by atoms with van der Waals surface area (Å²) in [5.41, 5.74) is -0.0308. The largest absolute Gasteiger partial charge is 0.449 e. The van der Waals surface area contributed by atoms with Gasteiger partial charge < -0.3 is 10.1 Å². The van der Waals surface area contributed by atoms with Crippen LogP contribution in [0.1, 0.15) is 22.8 Å². The van der Waals surface area contributed by atoms with Crippen LogP contribution in [0.15, 0.2) is 42.5 Å². The van der Waals surface area contributed by atoms with Gasteiger partial charge in [0, 0.05) is 12.1 Å². The lowest BCUT2D eigenvalue weighted by Gasteiger charge is -2.14. The number of nitro groups is 1. The third-order valence-corrected chi connectivity index (χ3v) is 3.67. The minimum absolute atomic E-state index is 0.0389. The van der Waals surface area contributed by atoms with Crippen molar-refractivity contribution in [1.29, 1.82) is 5.26 Å². The molecule has 0 aliphatic heterocycles. The number of hydrogen-bond acceptors (Lipinski definition) is 6. The van der Waals surface area contributed by atoms with Crippen molar-refractivity contribution < 1.29 is 19.2 Å². The summed E-state index contributed by atoms with van der Waals surface area (Å²) in [6.07, 6.45) is -1.22. The smallest absolute Gasteiger partial charge is 0.340 e. The van der Waals surface area contributed by atoms with Crippen LogP contribution in [0.25, 0.3) is 0 Å². The van der Waals surface area contributed by atoms with Crippen molar-refractivity contribution in [2.45, 2.75) is 13.0 Å². The van der Waals surface area contributed by atoms with Gasteiger partial charge in [0.25, 0.3) is 11.6 Å². The summed E-state index contributed by atoms with van der Waals surface area (Å²) in [6, 6.07) is 11.6. The number of nitrogens with one attached hydrogen (secondary N) is 1. The van der Waals surface area contributed by atoms with Crippen LogP contribution in [0, 0.1) is 21.4 Å². The van der Waals surface area contributed by atoms with E-state index in [1.807, 2.05) is 6.07 Å². The van der Waals surface area contributed by atoms with Crippen molar-refractivity contribution in [3.05, 3.63) is 68.7 Å². The fraction of sp³-hybridized carbons (Fsp3) is 0.118. The van der Waals surface area contributed by atoms with E-state index in [0.717, 1.165) is 12.1 Å². The topological polar surface area (TPSA) is 122 Å². The Morgan fingerprint density at radius 2 is 2.00 bits per heavy atom. The Morgan fingerprint density at radius 1 is 1.31 bits per heavy atom. The number of rotatable bonds is 5. The fourth-order valence-electron chi connectivity index (χ4n) is 1.98. The summed E-state index contributed by atoms with van der Waals surface area (Å²) in [6.45, 7) is 1.33. The molecule has 0 saturated carbocycles. The lowest BCUT2D eigenvalue weighted by molar-refractivity contribution is -0.384. The number of esters is 1. The van der Waals surface area contributed by atoms with Crippen molar-refractivity contribution in [2.24, 2.45) is 0 Å². The Hall–Kier alpha value is -3.44. The Kier molecular flexibility index (Phi) is 5.88. The zero-order valence-electron chi connectivity index (χ0n) is 13.4. The van der Waals surface area contributed by atoms with E-state index in [-0.39, 0.29) is 27.5 Å². The molecule has 132 valence electrons. The highest BCUT2D eigenvalue weighted by Crippen LogP contribution is 2.23. The zero-order chi connectivity index (χ0) is 19.3. The van der Waals surface area contributed by atoms with Gasteiger partial charge in [-0.05, 0) is 25.1 Å². The number of halogens is 1. The van der Waals surface area contributed by atoms with Gasteiger partial charge in [0.1, 0.15) is 6.07 Å². The first-order valence-corrected chi connectivity index (χ1v) is 7.66. The van der Waals surface area contributed by atoms with E-state index in [1.54, 1.807) is 12.1 Å². The molecule has 1 amide bonds. The first kappa shape index (κ1) is 18.9. The summed E-state index contributed by atoms with van der Waals surface area (Å²) in [4.78, 5) is 34.5. The average Bonchev–Trinajstić information content (AvgIpc) is 2.62. The number of nitro benzene ring substituents is 1. The number of hydrogen-bond donors (Lipinski definition) is 1. The van der Waals surface area contributed by atoms with Crippen molar-refractivity contribution >= 4 is 34.9 Å². The molecular weight excluding hydrogens is 362 g/mol. The van der Waals surface area contributed by atoms with Gasteiger partial charge in [-0.25, -0.2) is 4.79 Å². The number of carbonyl (C=O) groups is 2. The predicted molar refractivity (Wildman–Crippen MR) is 92.8 cm³/mol. The molecule has 2 aromatic rings. The number of anilines is 1. The molecule has 0 saturated heterocycles. The molecule has 0 fully saturated rings. The molecule has 9 heteroatoms. The fourth-order valence-corrected chi connectivity index (χ4v) is 2.18. The van der Waals surface area contributed by atoms with Crippen molar-refractivity contribution in [2.75, 3.05) is 5.32 Å². The molecule has 0 spiro atoms. The normalized spacial score (nSPS) is 11.1. The molecule has 0 aliphatic carbocycles. The molecule has 1 atom stereocenters. The molecule has 26 heavy (non-hydrogen) atoms. The van der Waals surface area contributed by atoms with E-state index in [1.165, 1.54) is 25.1 Å². The maximum absolute atomic E-state index is 12.2. The van der Waals surface area contributed by atoms with E-state index in [4.69, 9.17) is 21.6 Å². The average molecular weight is 374 g/mol. The Labute approximate surface area is 153 Å². The third kappa shape index (κ3) is 4.34. The second-order valence-corrected chi connectivity index (χ2v) is 5.52. The molecule has 0 heterocycles. The molecule has 0 aromatic heterocycles. The van der Waals surface area contributed by atoms with Gasteiger partial charge in [-0.2, -0.15) is 5.26 Å². The minimum atomic E-state index is -1.22. The van der Waals surface area contributed by atoms with Crippen LogP contribution >= 0.6 is 11.6 Å². The summed E-state index contributed by atoms with van der Waals surface area (Å²) < 4.78 is 5.02. The standard InChI is InChI=1S/C17H12ClN3O5/c1-10(16(22)20-15-5-3-2-4-11(15)9-19)26-17(23)13-8-12(21(24)25)6-7-14(13)18/h2-8,10H,1H3,(H,20,22)/t10-/m1/s1. The Balaban J connectivity index is 2.12. The van der Waals surface area contributed by atoms with Crippen molar-refractivity contribution in [3.63, 3.8) is 0 Å². The minimum Gasteiger partial charge on any atom is -0.449 e. The maximum atomic E-state index is 12.2. The number of para-hydroxylation sites is 1. The number of ether oxygens (including phenoxy) is 1. The van der Waals surface area contributed by atoms with Gasteiger partial charge in [0.05, 0.1) is 26.8 Å². The summed E-state index contributed by atoms with van der Waals surface area (Å²) >= 11 is 5.87. The van der Waals surface area contributed by atoms with E-state index < -0.39 is 22.9 Å². The van der Waals surface area contributed by atoms with Crippen LogP contribution in [0.4, 0.5) is 11.4 Å². The van der Waals surface area contributed by atoms with Gasteiger partial charge in [-0.1, -0.05) is 23.7 Å². The van der Waals surface area contributed by atoms with Crippen molar-refractivity contribution in [1.82, 2.24) is 0 Å². The van der Waals surface area contributed by atoms with Crippen LogP contribution in [0.3, 0.4) is 0 Å². The molecule has 2 aromatic carbocycles. The lowest BCUT2D eigenvalue weighted by atomic mass is 10.2. The molecule has 0 aliphatic rings. The molecule has 2 rings (SSSR count). The summed E-state index contributed by atoms with van der Waals surface area (Å²) in [7, 11) is 0. The van der Waals surface area contributed by atoms with Gasteiger partial charge in [-0.15, -0.1) is 0 Å². The molecule has 0 unspecified atom stereocenters. The second kappa shape index (κ2) is 8.09. The number of carbonyl (C=O) groups excluding carboxylic acids is 2. The van der Waals surface area contributed by atoms with Crippen molar-refractivity contribution in [3.8, 4) is 6.07 Å². The van der Waals surface area contributed by atoms with Gasteiger partial charge >= 0.3 is 5.97 Å². The van der Waals surface area contributed by atoms with E-state index >= 15 is 0 Å². The summed E-state index contributed by atoms with van der Waals surface area (Å²) in [5.74, 6) is -1.64. The van der Waals surface area contributed by atoms with Crippen LogP contribution in [0.5, 0.6) is 0 Å². The number of non-ortho nitro benzene ring substituents is 1. The quantitative estimate of drug-likeness (QED) is 0.487. The van der Waals surface area contributed by atoms with E-state index in [9.17, 15) is 19.7 Å². The van der Waals surface area contributed by atoms with Gasteiger partial charge in [0.15, 0.2) is 6.10 Å². The Morgan fingerprint density at radius 3 is 2.65 bits per heavy atom. The molecule has 1 N–H and O–H groups in total. The third-order valence-electron chi connectivity index (χ3n) is 3.34. The number of benzene rings is 2. The first-order chi connectivity index (χ1) is 12.3. The number of amides is 1. The van der Waals surface area contributed by atoms with Crippen LogP contribution in [-0.4, -0.2) is 22.9 Å². The lowest BCUT2D eigenvalue weighted by Crippen LogP contribution is -2.30. The SMILES string of the molecule is C[C@@H](OC(=O)c1cc([N+](=O)[O-])ccc1Cl)C(=O)Nc1ccccc1C#N. The first-order valence-electron chi connectivity index (χ1n) is 7.28. The van der Waals surface area contributed by atoms with E-state index in [0.29, 0.717) is 0 Å². The van der Waals surface area contributed by atoms with Crippen LogP contribution in [-0.2, 0) is 9.53 Å². The second-order valence-electron chi connectivity index (χ2n) is 5.12. The van der Waals surface area contributed by atoms with E-state index in [2.05, 4.69) is 5.32 Å². The van der Waals surface area contributed by atoms with Gasteiger partial charge in [0.2, 0.25) is 0 Å². The summed E-state index contributed by atoms with van der Waals surface area (Å²) in [5, 5.41) is 22.3. The number of nitriles is 1. The highest BCUT2D eigenvalue weighted by molar-refractivity contribution is 6.33. The molecule has 8 nitrogen and oxygen atoms in total. The highest BCUT2D eigenvalue weighted by atomic mass is 35.5. The van der Waals surface area contributed by atoms with Gasteiger partial charge in [-0.3, -0.25) is 14.9 Å². The predicted octanol–water partition coefficient (Wildman–Crippen LogP) is 3.30. The zero-order valence-corrected chi connectivity index (χ0v) is 14.2. The highest BCUT2D eigenvalue weighted by Gasteiger charge is 2.23. The molecule has 0 bridgehead atoms. The maximum Gasteiger partial charge on any atom is 0.340 e.